The number of rotatable bonds is 3. The van der Waals surface area contributed by atoms with Crippen molar-refractivity contribution in [1.82, 2.24) is 4.98 Å². The number of thioether (sulfide) groups is 1. The fraction of sp³-hybridized carbons (Fsp3) is 0.583. The highest BCUT2D eigenvalue weighted by Crippen LogP contribution is 2.25. The first-order chi connectivity index (χ1) is 7.72. The summed E-state index contributed by atoms with van der Waals surface area (Å²) in [5.74, 6) is 3.56. The third-order valence-electron chi connectivity index (χ3n) is 3.22. The standard InChI is InChI=1S/C12H19N3S/c1-9-10(7-13)3-4-12(14-9)15(2)11-5-6-16-8-11/h3-4,11H,5-8,13H2,1-2H3. The van der Waals surface area contributed by atoms with Crippen LogP contribution in [-0.2, 0) is 6.54 Å². The van der Waals surface area contributed by atoms with Crippen molar-refractivity contribution in [2.45, 2.75) is 25.9 Å². The molecule has 1 atom stereocenters. The van der Waals surface area contributed by atoms with Gasteiger partial charge in [-0.25, -0.2) is 4.98 Å². The van der Waals surface area contributed by atoms with Gasteiger partial charge in [-0.3, -0.25) is 0 Å². The van der Waals surface area contributed by atoms with Crippen LogP contribution in [0, 0.1) is 6.92 Å². The first kappa shape index (κ1) is 11.7. The van der Waals surface area contributed by atoms with Gasteiger partial charge in [0, 0.05) is 31.1 Å². The number of nitrogens with two attached hydrogens (primary N) is 1. The SMILES string of the molecule is Cc1nc(N(C)C2CCSC2)ccc1CN. The van der Waals surface area contributed by atoms with Crippen LogP contribution in [0.2, 0.25) is 0 Å². The van der Waals surface area contributed by atoms with Crippen molar-refractivity contribution in [2.75, 3.05) is 23.5 Å². The minimum atomic E-state index is 0.572. The largest absolute Gasteiger partial charge is 0.356 e. The van der Waals surface area contributed by atoms with Gasteiger partial charge in [-0.1, -0.05) is 6.07 Å². The first-order valence-electron chi connectivity index (χ1n) is 5.69. The Morgan fingerprint density at radius 1 is 1.56 bits per heavy atom. The maximum Gasteiger partial charge on any atom is 0.128 e. The average molecular weight is 237 g/mol. The van der Waals surface area contributed by atoms with Crippen LogP contribution in [0.4, 0.5) is 5.82 Å². The fourth-order valence-electron chi connectivity index (χ4n) is 2.00. The lowest BCUT2D eigenvalue weighted by atomic mass is 10.2. The maximum absolute atomic E-state index is 5.64. The van der Waals surface area contributed by atoms with Crippen molar-refractivity contribution in [2.24, 2.45) is 5.73 Å². The van der Waals surface area contributed by atoms with E-state index in [4.69, 9.17) is 5.73 Å². The van der Waals surface area contributed by atoms with E-state index in [9.17, 15) is 0 Å². The quantitative estimate of drug-likeness (QED) is 0.870. The highest BCUT2D eigenvalue weighted by molar-refractivity contribution is 7.99. The molecule has 2 N–H and O–H groups in total. The van der Waals surface area contributed by atoms with Crippen molar-refractivity contribution in [1.29, 1.82) is 0 Å². The second-order valence-corrected chi connectivity index (χ2v) is 5.40. The van der Waals surface area contributed by atoms with Gasteiger partial charge in [-0.2, -0.15) is 11.8 Å². The maximum atomic E-state index is 5.64. The zero-order chi connectivity index (χ0) is 11.5. The van der Waals surface area contributed by atoms with E-state index in [2.05, 4.69) is 29.1 Å². The lowest BCUT2D eigenvalue weighted by Gasteiger charge is -2.25. The van der Waals surface area contributed by atoms with Gasteiger partial charge < -0.3 is 10.6 Å². The van der Waals surface area contributed by atoms with Crippen LogP contribution < -0.4 is 10.6 Å². The second kappa shape index (κ2) is 5.06. The Hall–Kier alpha value is -0.740. The molecule has 0 bridgehead atoms. The van der Waals surface area contributed by atoms with Crippen molar-refractivity contribution in [3.05, 3.63) is 23.4 Å². The Morgan fingerprint density at radius 3 is 2.94 bits per heavy atom. The van der Waals surface area contributed by atoms with Gasteiger partial charge >= 0.3 is 0 Å². The zero-order valence-corrected chi connectivity index (χ0v) is 10.8. The predicted molar refractivity (Wildman–Crippen MR) is 71.0 cm³/mol. The molecule has 0 aliphatic carbocycles. The molecule has 1 aromatic heterocycles. The topological polar surface area (TPSA) is 42.2 Å². The van der Waals surface area contributed by atoms with Gasteiger partial charge in [0.15, 0.2) is 0 Å². The normalized spacial score (nSPS) is 20.1. The summed E-state index contributed by atoms with van der Waals surface area (Å²) in [6, 6.07) is 4.81. The van der Waals surface area contributed by atoms with E-state index in [1.807, 2.05) is 18.7 Å². The van der Waals surface area contributed by atoms with Crippen LogP contribution in [0.15, 0.2) is 12.1 Å². The van der Waals surface area contributed by atoms with E-state index in [0.717, 1.165) is 17.1 Å². The Bertz CT molecular complexity index is 361. The van der Waals surface area contributed by atoms with Crippen LogP contribution in [0.25, 0.3) is 0 Å². The summed E-state index contributed by atoms with van der Waals surface area (Å²) in [7, 11) is 2.14. The molecule has 0 saturated carbocycles. The summed E-state index contributed by atoms with van der Waals surface area (Å²) in [6.45, 7) is 2.60. The third-order valence-corrected chi connectivity index (χ3v) is 4.36. The number of hydrogen-bond acceptors (Lipinski definition) is 4. The summed E-state index contributed by atoms with van der Waals surface area (Å²) in [5, 5.41) is 0. The molecule has 1 aromatic rings. The molecule has 0 amide bonds. The van der Waals surface area contributed by atoms with E-state index >= 15 is 0 Å². The zero-order valence-electron chi connectivity index (χ0n) is 9.94. The lowest BCUT2D eigenvalue weighted by molar-refractivity contribution is 0.690. The minimum Gasteiger partial charge on any atom is -0.356 e. The monoisotopic (exact) mass is 237 g/mol. The Labute approximate surface area is 101 Å². The molecule has 16 heavy (non-hydrogen) atoms. The van der Waals surface area contributed by atoms with Crippen LogP contribution in [-0.4, -0.2) is 29.6 Å². The Kier molecular flexibility index (Phi) is 3.71. The molecule has 0 radical (unpaired) electrons. The molecule has 1 aliphatic heterocycles. The van der Waals surface area contributed by atoms with E-state index < -0.39 is 0 Å². The lowest BCUT2D eigenvalue weighted by Crippen LogP contribution is -2.32. The molecule has 0 spiro atoms. The minimum absolute atomic E-state index is 0.572. The van der Waals surface area contributed by atoms with Gasteiger partial charge in [-0.05, 0) is 30.7 Å². The van der Waals surface area contributed by atoms with Gasteiger partial charge in [0.1, 0.15) is 5.82 Å². The van der Waals surface area contributed by atoms with E-state index in [0.29, 0.717) is 12.6 Å². The average Bonchev–Trinajstić information content (AvgIpc) is 2.81. The summed E-state index contributed by atoms with van der Waals surface area (Å²) in [4.78, 5) is 6.92. The second-order valence-electron chi connectivity index (χ2n) is 4.25. The predicted octanol–water partition coefficient (Wildman–Crippen LogP) is 1.79. The van der Waals surface area contributed by atoms with Crippen molar-refractivity contribution in [3.63, 3.8) is 0 Å². The number of hydrogen-bond donors (Lipinski definition) is 1. The Morgan fingerprint density at radius 2 is 2.38 bits per heavy atom. The first-order valence-corrected chi connectivity index (χ1v) is 6.85. The van der Waals surface area contributed by atoms with Gasteiger partial charge in [-0.15, -0.1) is 0 Å². The van der Waals surface area contributed by atoms with Crippen molar-refractivity contribution >= 4 is 17.6 Å². The van der Waals surface area contributed by atoms with Gasteiger partial charge in [0.25, 0.3) is 0 Å². The number of nitrogens with zero attached hydrogens (tertiary/aromatic N) is 2. The van der Waals surface area contributed by atoms with Gasteiger partial charge in [0.05, 0.1) is 0 Å². The number of aryl methyl sites for hydroxylation is 1. The van der Waals surface area contributed by atoms with Crippen LogP contribution in [0.1, 0.15) is 17.7 Å². The molecule has 88 valence electrons. The third kappa shape index (κ3) is 2.33. The van der Waals surface area contributed by atoms with E-state index in [1.54, 1.807) is 0 Å². The summed E-state index contributed by atoms with van der Waals surface area (Å²) >= 11 is 2.03. The summed E-state index contributed by atoms with van der Waals surface area (Å²) in [6.07, 6.45) is 1.26. The van der Waals surface area contributed by atoms with Crippen molar-refractivity contribution < 1.29 is 0 Å². The molecule has 2 rings (SSSR count). The molecule has 1 unspecified atom stereocenters. The number of pyridine rings is 1. The van der Waals surface area contributed by atoms with Gasteiger partial charge in [0.2, 0.25) is 0 Å². The Balaban J connectivity index is 2.16. The van der Waals surface area contributed by atoms with E-state index in [1.165, 1.54) is 17.9 Å². The highest BCUT2D eigenvalue weighted by atomic mass is 32.2. The highest BCUT2D eigenvalue weighted by Gasteiger charge is 2.21. The smallest absolute Gasteiger partial charge is 0.128 e. The molecule has 4 heteroatoms. The molecule has 2 heterocycles. The molecule has 0 aromatic carbocycles. The molecule has 1 saturated heterocycles. The summed E-state index contributed by atoms with van der Waals surface area (Å²) < 4.78 is 0. The molecule has 1 fully saturated rings. The number of anilines is 1. The van der Waals surface area contributed by atoms with Crippen LogP contribution >= 0.6 is 11.8 Å². The van der Waals surface area contributed by atoms with E-state index in [-0.39, 0.29) is 0 Å². The van der Waals surface area contributed by atoms with Crippen LogP contribution in [0.5, 0.6) is 0 Å². The van der Waals surface area contributed by atoms with Crippen LogP contribution in [0.3, 0.4) is 0 Å². The molecule has 1 aliphatic rings. The number of aromatic nitrogens is 1. The fourth-order valence-corrected chi connectivity index (χ4v) is 3.27. The molecular formula is C12H19N3S. The summed E-state index contributed by atoms with van der Waals surface area (Å²) in [5.41, 5.74) is 7.83. The molecule has 3 nitrogen and oxygen atoms in total. The van der Waals surface area contributed by atoms with Crippen molar-refractivity contribution in [3.8, 4) is 0 Å². The molecular weight excluding hydrogens is 218 g/mol.